The fraction of sp³-hybridized carbons (Fsp3) is 0.211. The SMILES string of the molecule is COc1cccc([C@@H](C)NC(=O)Nc2cc(-c3ccnc(C)c3)[nH]n2)c1.COc1cccc([C@@H](C)NC(=O)Nc2cc(-c3ccncc3C)[nH]n2)c1. The molecule has 4 aromatic heterocycles. The maximum Gasteiger partial charge on any atom is 0.320 e. The molecule has 0 aliphatic carbocycles. The van der Waals surface area contributed by atoms with E-state index in [0.29, 0.717) is 11.6 Å². The minimum Gasteiger partial charge on any atom is -0.497 e. The van der Waals surface area contributed by atoms with Crippen LogP contribution >= 0.6 is 0 Å². The van der Waals surface area contributed by atoms with Crippen LogP contribution in [0.25, 0.3) is 22.5 Å². The lowest BCUT2D eigenvalue weighted by atomic mass is 10.1. The van der Waals surface area contributed by atoms with Crippen molar-refractivity contribution in [3.63, 3.8) is 0 Å². The second-order valence-corrected chi connectivity index (χ2v) is 11.9. The van der Waals surface area contributed by atoms with Gasteiger partial charge in [0.05, 0.1) is 37.7 Å². The van der Waals surface area contributed by atoms with Gasteiger partial charge in [0, 0.05) is 47.5 Å². The average Bonchev–Trinajstić information content (AvgIpc) is 3.82. The van der Waals surface area contributed by atoms with Gasteiger partial charge in [-0.15, -0.1) is 0 Å². The summed E-state index contributed by atoms with van der Waals surface area (Å²) in [4.78, 5) is 32.7. The van der Waals surface area contributed by atoms with E-state index in [-0.39, 0.29) is 24.1 Å². The molecule has 6 N–H and O–H groups in total. The Balaban J connectivity index is 0.000000201. The lowest BCUT2D eigenvalue weighted by Crippen LogP contribution is -2.31. The maximum atomic E-state index is 12.2. The molecule has 52 heavy (non-hydrogen) atoms. The molecule has 4 heterocycles. The van der Waals surface area contributed by atoms with Crippen molar-refractivity contribution in [2.24, 2.45) is 0 Å². The van der Waals surface area contributed by atoms with Gasteiger partial charge < -0.3 is 20.1 Å². The summed E-state index contributed by atoms with van der Waals surface area (Å²) >= 11 is 0. The van der Waals surface area contributed by atoms with Gasteiger partial charge in [-0.2, -0.15) is 10.2 Å². The van der Waals surface area contributed by atoms with Crippen LogP contribution in [0.15, 0.2) is 97.5 Å². The Morgan fingerprint density at radius 3 is 1.79 bits per heavy atom. The number of aromatic amines is 2. The number of rotatable bonds is 10. The van der Waals surface area contributed by atoms with E-state index in [1.807, 2.05) is 94.4 Å². The zero-order valence-electron chi connectivity index (χ0n) is 29.8. The molecule has 2 aromatic carbocycles. The predicted molar refractivity (Wildman–Crippen MR) is 200 cm³/mol. The van der Waals surface area contributed by atoms with Crippen molar-refractivity contribution >= 4 is 23.7 Å². The first-order valence-electron chi connectivity index (χ1n) is 16.5. The number of carbonyl (C=O) groups is 2. The summed E-state index contributed by atoms with van der Waals surface area (Å²) in [6.45, 7) is 7.71. The van der Waals surface area contributed by atoms with Crippen molar-refractivity contribution in [2.75, 3.05) is 24.9 Å². The number of hydrogen-bond donors (Lipinski definition) is 6. The van der Waals surface area contributed by atoms with Crippen molar-refractivity contribution in [2.45, 2.75) is 39.8 Å². The van der Waals surface area contributed by atoms with E-state index in [4.69, 9.17) is 9.47 Å². The van der Waals surface area contributed by atoms with Crippen molar-refractivity contribution in [1.82, 2.24) is 41.0 Å². The number of aryl methyl sites for hydroxylation is 2. The fourth-order valence-electron chi connectivity index (χ4n) is 5.23. The van der Waals surface area contributed by atoms with E-state index in [1.165, 1.54) is 0 Å². The standard InChI is InChI=1S/2C19H21N5O2/c1-12-11-20-8-7-16(12)17-10-18(24-23-17)22-19(25)21-13(2)14-5-4-6-15(9-14)26-3;1-12-9-15(7-8-20-12)17-11-18(24-23-17)22-19(25)21-13(2)14-5-4-6-16(10-14)26-3/h2*4-11,13H,1-3H3,(H3,21,22,23,24,25)/t2*13-/m11/s1. The number of H-pyrrole nitrogens is 2. The highest BCUT2D eigenvalue weighted by molar-refractivity contribution is 5.90. The molecule has 0 bridgehead atoms. The summed E-state index contributed by atoms with van der Waals surface area (Å²) in [7, 11) is 3.23. The molecule has 268 valence electrons. The van der Waals surface area contributed by atoms with Crippen LogP contribution in [0.5, 0.6) is 11.5 Å². The Kier molecular flexibility index (Phi) is 12.2. The normalized spacial score (nSPS) is 11.7. The second kappa shape index (κ2) is 17.3. The van der Waals surface area contributed by atoms with E-state index in [0.717, 1.165) is 56.4 Å². The van der Waals surface area contributed by atoms with E-state index < -0.39 is 0 Å². The first kappa shape index (κ1) is 36.6. The third-order valence-corrected chi connectivity index (χ3v) is 8.04. The van der Waals surface area contributed by atoms with Crippen molar-refractivity contribution in [3.8, 4) is 34.0 Å². The third kappa shape index (κ3) is 9.94. The maximum absolute atomic E-state index is 12.2. The molecule has 0 aliphatic rings. The quantitative estimate of drug-likeness (QED) is 0.0856. The van der Waals surface area contributed by atoms with Gasteiger partial charge in [0.2, 0.25) is 0 Å². The Bertz CT molecular complexity index is 2110. The molecule has 0 radical (unpaired) electrons. The number of nitrogens with zero attached hydrogens (tertiary/aromatic N) is 4. The largest absolute Gasteiger partial charge is 0.497 e. The zero-order chi connectivity index (χ0) is 37.0. The number of anilines is 2. The van der Waals surface area contributed by atoms with Crippen LogP contribution in [0.1, 0.15) is 48.3 Å². The van der Waals surface area contributed by atoms with Crippen molar-refractivity contribution in [3.05, 3.63) is 120 Å². The van der Waals surface area contributed by atoms with Gasteiger partial charge in [-0.05, 0) is 86.8 Å². The summed E-state index contributed by atoms with van der Waals surface area (Å²) in [6, 6.07) is 23.5. The Morgan fingerprint density at radius 1 is 0.692 bits per heavy atom. The summed E-state index contributed by atoms with van der Waals surface area (Å²) in [5, 5.41) is 25.4. The predicted octanol–water partition coefficient (Wildman–Crippen LogP) is 7.34. The van der Waals surface area contributed by atoms with Crippen LogP contribution in [0.3, 0.4) is 0 Å². The lowest BCUT2D eigenvalue weighted by Gasteiger charge is -2.15. The molecular weight excluding hydrogens is 660 g/mol. The third-order valence-electron chi connectivity index (χ3n) is 8.04. The lowest BCUT2D eigenvalue weighted by molar-refractivity contribution is 0.248. The van der Waals surface area contributed by atoms with Gasteiger partial charge in [-0.1, -0.05) is 24.3 Å². The number of pyridine rings is 2. The number of urea groups is 2. The van der Waals surface area contributed by atoms with E-state index in [2.05, 4.69) is 51.6 Å². The molecule has 0 aliphatic heterocycles. The molecule has 14 heteroatoms. The van der Waals surface area contributed by atoms with Gasteiger partial charge in [0.25, 0.3) is 0 Å². The van der Waals surface area contributed by atoms with Gasteiger partial charge in [0.1, 0.15) is 11.5 Å². The minimum atomic E-state index is -0.329. The highest BCUT2D eigenvalue weighted by atomic mass is 16.5. The number of methoxy groups -OCH3 is 2. The molecule has 0 saturated carbocycles. The highest BCUT2D eigenvalue weighted by Crippen LogP contribution is 2.24. The van der Waals surface area contributed by atoms with Crippen LogP contribution in [0.4, 0.5) is 21.2 Å². The molecule has 14 nitrogen and oxygen atoms in total. The Hall–Kier alpha value is -6.70. The number of ether oxygens (including phenoxy) is 2. The van der Waals surface area contributed by atoms with E-state index in [1.54, 1.807) is 44.9 Å². The highest BCUT2D eigenvalue weighted by Gasteiger charge is 2.14. The molecule has 6 aromatic rings. The molecule has 0 spiro atoms. The Labute approximate surface area is 301 Å². The number of nitrogens with one attached hydrogen (secondary N) is 6. The van der Waals surface area contributed by atoms with E-state index >= 15 is 0 Å². The monoisotopic (exact) mass is 702 g/mol. The first-order chi connectivity index (χ1) is 25.1. The number of carbonyl (C=O) groups excluding carboxylic acids is 2. The Morgan fingerprint density at radius 2 is 1.25 bits per heavy atom. The van der Waals surface area contributed by atoms with Crippen molar-refractivity contribution < 1.29 is 19.1 Å². The van der Waals surface area contributed by atoms with Crippen LogP contribution in [0.2, 0.25) is 0 Å². The smallest absolute Gasteiger partial charge is 0.320 e. The molecule has 0 fully saturated rings. The van der Waals surface area contributed by atoms with Crippen LogP contribution in [0, 0.1) is 13.8 Å². The molecule has 6 rings (SSSR count). The van der Waals surface area contributed by atoms with Crippen LogP contribution in [-0.2, 0) is 0 Å². The first-order valence-corrected chi connectivity index (χ1v) is 16.5. The van der Waals surface area contributed by atoms with Crippen LogP contribution in [-0.4, -0.2) is 56.6 Å². The van der Waals surface area contributed by atoms with Crippen LogP contribution < -0.4 is 30.7 Å². The number of amides is 4. The zero-order valence-corrected chi connectivity index (χ0v) is 29.8. The van der Waals surface area contributed by atoms with Gasteiger partial charge in [-0.25, -0.2) is 9.59 Å². The molecule has 0 saturated heterocycles. The molecule has 4 amide bonds. The molecular formula is C38H42N10O4. The van der Waals surface area contributed by atoms with Gasteiger partial charge >= 0.3 is 12.1 Å². The molecule has 0 unspecified atom stereocenters. The average molecular weight is 703 g/mol. The summed E-state index contributed by atoms with van der Waals surface area (Å²) in [5.41, 5.74) is 7.43. The number of aromatic nitrogens is 6. The molecule has 2 atom stereocenters. The minimum absolute atomic E-state index is 0.175. The second-order valence-electron chi connectivity index (χ2n) is 11.9. The van der Waals surface area contributed by atoms with Gasteiger partial charge in [0.15, 0.2) is 11.6 Å². The topological polar surface area (TPSA) is 184 Å². The summed E-state index contributed by atoms with van der Waals surface area (Å²) in [5.74, 6) is 2.40. The number of hydrogen-bond acceptors (Lipinski definition) is 8. The summed E-state index contributed by atoms with van der Waals surface area (Å²) < 4.78 is 10.4. The number of benzene rings is 2. The van der Waals surface area contributed by atoms with Crippen molar-refractivity contribution in [1.29, 1.82) is 0 Å². The van der Waals surface area contributed by atoms with Gasteiger partial charge in [-0.3, -0.25) is 30.8 Å². The van der Waals surface area contributed by atoms with E-state index in [9.17, 15) is 9.59 Å². The summed E-state index contributed by atoms with van der Waals surface area (Å²) in [6.07, 6.45) is 5.24. The fourth-order valence-corrected chi connectivity index (χ4v) is 5.23.